The van der Waals surface area contributed by atoms with Crippen molar-refractivity contribution in [2.75, 3.05) is 0 Å². The van der Waals surface area contributed by atoms with Crippen LogP contribution in [0.1, 0.15) is 35.0 Å². The molecular formula is C15H13ClOS. The van der Waals surface area contributed by atoms with Gasteiger partial charge in [0.05, 0.1) is 0 Å². The Morgan fingerprint density at radius 3 is 2.61 bits per heavy atom. The summed E-state index contributed by atoms with van der Waals surface area (Å²) >= 11 is 8.04. The Bertz CT molecular complexity index is 597. The first-order valence-corrected chi connectivity index (χ1v) is 7.16. The maximum Gasteiger partial charge on any atom is 0.107 e. The number of halogens is 1. The van der Waals surface area contributed by atoms with E-state index in [1.54, 1.807) is 11.8 Å². The first kappa shape index (κ1) is 12.1. The van der Waals surface area contributed by atoms with Crippen LogP contribution in [0.3, 0.4) is 0 Å². The van der Waals surface area contributed by atoms with Crippen LogP contribution in [0.2, 0.25) is 5.02 Å². The van der Waals surface area contributed by atoms with E-state index >= 15 is 0 Å². The Labute approximate surface area is 116 Å². The lowest BCUT2D eigenvalue weighted by Gasteiger charge is -2.16. The molecule has 2 aromatic rings. The van der Waals surface area contributed by atoms with Gasteiger partial charge in [0.1, 0.15) is 6.10 Å². The number of hydrogen-bond acceptors (Lipinski definition) is 2. The van der Waals surface area contributed by atoms with Crippen LogP contribution in [-0.2, 0) is 0 Å². The normalized spacial score (nSPS) is 21.9. The molecule has 0 saturated heterocycles. The van der Waals surface area contributed by atoms with Gasteiger partial charge in [0, 0.05) is 20.7 Å². The van der Waals surface area contributed by atoms with E-state index in [4.69, 9.17) is 11.6 Å². The molecule has 1 heterocycles. The highest BCUT2D eigenvalue weighted by molar-refractivity contribution is 7.99. The summed E-state index contributed by atoms with van der Waals surface area (Å²) in [6.07, 6.45) is -0.637. The molecule has 0 radical (unpaired) electrons. The van der Waals surface area contributed by atoms with Crippen molar-refractivity contribution >= 4 is 23.4 Å². The molecule has 3 rings (SSSR count). The zero-order chi connectivity index (χ0) is 12.7. The molecule has 1 nitrogen and oxygen atoms in total. The van der Waals surface area contributed by atoms with Crippen LogP contribution in [0, 0.1) is 0 Å². The first-order valence-electron chi connectivity index (χ1n) is 5.90. The van der Waals surface area contributed by atoms with Crippen molar-refractivity contribution in [3.8, 4) is 0 Å². The van der Waals surface area contributed by atoms with Gasteiger partial charge in [-0.3, -0.25) is 0 Å². The van der Waals surface area contributed by atoms with E-state index in [-0.39, 0.29) is 5.25 Å². The van der Waals surface area contributed by atoms with Crippen molar-refractivity contribution in [2.24, 2.45) is 0 Å². The molecule has 0 spiro atoms. The van der Waals surface area contributed by atoms with Crippen molar-refractivity contribution in [1.29, 1.82) is 0 Å². The lowest BCUT2D eigenvalue weighted by molar-refractivity contribution is 0.217. The summed E-state index contributed by atoms with van der Waals surface area (Å²) in [6.45, 7) is 2.15. The molecule has 0 bridgehead atoms. The van der Waals surface area contributed by atoms with Gasteiger partial charge in [0.15, 0.2) is 0 Å². The zero-order valence-electron chi connectivity index (χ0n) is 9.93. The smallest absolute Gasteiger partial charge is 0.107 e. The highest BCUT2D eigenvalue weighted by Gasteiger charge is 2.27. The monoisotopic (exact) mass is 276 g/mol. The van der Waals surface area contributed by atoms with E-state index in [0.29, 0.717) is 5.02 Å². The molecule has 2 aromatic carbocycles. The second kappa shape index (κ2) is 4.61. The molecule has 2 unspecified atom stereocenters. The molecule has 0 amide bonds. The lowest BCUT2D eigenvalue weighted by atomic mass is 9.95. The molecule has 1 aliphatic rings. The average molecular weight is 277 g/mol. The van der Waals surface area contributed by atoms with Gasteiger partial charge in [-0.25, -0.2) is 0 Å². The molecule has 1 aliphatic heterocycles. The van der Waals surface area contributed by atoms with Gasteiger partial charge in [-0.1, -0.05) is 41.9 Å². The van der Waals surface area contributed by atoms with Crippen LogP contribution in [0.15, 0.2) is 47.4 Å². The fourth-order valence-corrected chi connectivity index (χ4v) is 3.89. The third-order valence-corrected chi connectivity index (χ3v) is 4.88. The molecule has 2 atom stereocenters. The highest BCUT2D eigenvalue weighted by Crippen LogP contribution is 2.47. The molecule has 3 heteroatoms. The minimum absolute atomic E-state index is 0.289. The molecular weight excluding hydrogens is 264 g/mol. The number of thioether (sulfide) groups is 1. The quantitative estimate of drug-likeness (QED) is 0.759. The minimum Gasteiger partial charge on any atom is -0.384 e. The van der Waals surface area contributed by atoms with Crippen LogP contribution in [0.25, 0.3) is 0 Å². The third-order valence-electron chi connectivity index (χ3n) is 3.32. The summed E-state index contributed by atoms with van der Waals surface area (Å²) in [5.41, 5.74) is 2.92. The molecule has 18 heavy (non-hydrogen) atoms. The number of hydrogen-bond donors (Lipinski definition) is 1. The predicted octanol–water partition coefficient (Wildman–Crippen LogP) is 4.59. The predicted molar refractivity (Wildman–Crippen MR) is 76.2 cm³/mol. The van der Waals surface area contributed by atoms with Crippen molar-refractivity contribution in [2.45, 2.75) is 23.2 Å². The van der Waals surface area contributed by atoms with E-state index in [0.717, 1.165) is 21.6 Å². The maximum atomic E-state index is 10.6. The summed E-state index contributed by atoms with van der Waals surface area (Å²) in [5.74, 6) is 0. The Morgan fingerprint density at radius 2 is 1.78 bits per heavy atom. The van der Waals surface area contributed by atoms with Crippen molar-refractivity contribution < 1.29 is 5.11 Å². The fraction of sp³-hybridized carbons (Fsp3) is 0.200. The summed E-state index contributed by atoms with van der Waals surface area (Å²) in [7, 11) is 0. The van der Waals surface area contributed by atoms with E-state index in [1.165, 1.54) is 0 Å². The Morgan fingerprint density at radius 1 is 1.06 bits per heavy atom. The molecule has 1 N–H and O–H groups in total. The van der Waals surface area contributed by atoms with Gasteiger partial charge >= 0.3 is 0 Å². The van der Waals surface area contributed by atoms with E-state index < -0.39 is 6.10 Å². The number of aliphatic hydroxyl groups is 1. The fourth-order valence-electron chi connectivity index (χ4n) is 2.42. The Hall–Kier alpha value is -0.960. The van der Waals surface area contributed by atoms with Crippen LogP contribution >= 0.6 is 23.4 Å². The van der Waals surface area contributed by atoms with Gasteiger partial charge in [-0.05, 0) is 30.2 Å². The molecule has 0 saturated carbocycles. The van der Waals surface area contributed by atoms with Gasteiger partial charge in [0.25, 0.3) is 0 Å². The lowest BCUT2D eigenvalue weighted by Crippen LogP contribution is -2.03. The Balaban J connectivity index is 2.27. The van der Waals surface area contributed by atoms with Crippen molar-refractivity contribution in [1.82, 2.24) is 0 Å². The molecule has 0 fully saturated rings. The van der Waals surface area contributed by atoms with E-state index in [1.807, 2.05) is 36.4 Å². The summed E-state index contributed by atoms with van der Waals surface area (Å²) < 4.78 is 0. The summed E-state index contributed by atoms with van der Waals surface area (Å²) in [6, 6.07) is 13.8. The third kappa shape index (κ3) is 1.85. The number of benzene rings is 2. The number of fused-ring (bicyclic) bond motifs is 2. The second-order valence-electron chi connectivity index (χ2n) is 4.44. The number of aliphatic hydroxyl groups excluding tert-OH is 1. The van der Waals surface area contributed by atoms with Crippen molar-refractivity contribution in [3.05, 3.63) is 64.2 Å². The zero-order valence-corrected chi connectivity index (χ0v) is 11.5. The van der Waals surface area contributed by atoms with Gasteiger partial charge in [-0.2, -0.15) is 0 Å². The van der Waals surface area contributed by atoms with Crippen molar-refractivity contribution in [3.63, 3.8) is 0 Å². The standard InChI is InChI=1S/C15H13ClOS/c1-9-10-6-4-7-12(16)14(10)15(17)11-5-2-3-8-13(11)18-9/h2-9,15,17H,1H3. The second-order valence-corrected chi connectivity index (χ2v) is 6.23. The van der Waals surface area contributed by atoms with Gasteiger partial charge < -0.3 is 5.11 Å². The largest absolute Gasteiger partial charge is 0.384 e. The van der Waals surface area contributed by atoms with Crippen LogP contribution in [-0.4, -0.2) is 5.11 Å². The van der Waals surface area contributed by atoms with Gasteiger partial charge in [-0.15, -0.1) is 11.8 Å². The number of rotatable bonds is 0. The van der Waals surface area contributed by atoms with Gasteiger partial charge in [0.2, 0.25) is 0 Å². The van der Waals surface area contributed by atoms with Crippen LogP contribution in [0.5, 0.6) is 0 Å². The SMILES string of the molecule is CC1Sc2ccccc2C(O)c2c(Cl)cccc21. The van der Waals surface area contributed by atoms with Crippen LogP contribution in [0.4, 0.5) is 0 Å². The van der Waals surface area contributed by atoms with E-state index in [9.17, 15) is 5.11 Å². The minimum atomic E-state index is -0.637. The summed E-state index contributed by atoms with van der Waals surface area (Å²) in [4.78, 5) is 1.13. The van der Waals surface area contributed by atoms with Crippen LogP contribution < -0.4 is 0 Å². The first-order chi connectivity index (χ1) is 8.68. The topological polar surface area (TPSA) is 20.2 Å². The summed E-state index contributed by atoms with van der Waals surface area (Å²) in [5, 5.41) is 11.5. The highest BCUT2D eigenvalue weighted by atomic mass is 35.5. The average Bonchev–Trinajstić information content (AvgIpc) is 2.48. The van der Waals surface area contributed by atoms with E-state index in [2.05, 4.69) is 13.0 Å². The molecule has 92 valence electrons. The molecule has 0 aromatic heterocycles. The maximum absolute atomic E-state index is 10.6. The Kier molecular flexibility index (Phi) is 3.10. The molecule has 0 aliphatic carbocycles.